The van der Waals surface area contributed by atoms with Crippen molar-refractivity contribution in [2.45, 2.75) is 12.1 Å². The second-order valence-corrected chi connectivity index (χ2v) is 2.04. The summed E-state index contributed by atoms with van der Waals surface area (Å²) < 4.78 is 8.21. The molecule has 0 aliphatic rings. The lowest BCUT2D eigenvalue weighted by Crippen LogP contribution is -2.39. The number of aliphatic hydroxyl groups is 1. The third-order valence-corrected chi connectivity index (χ3v) is 1.30. The van der Waals surface area contributed by atoms with E-state index in [1.54, 1.807) is 0 Å². The van der Waals surface area contributed by atoms with E-state index in [2.05, 4.69) is 14.7 Å². The third kappa shape index (κ3) is 2.79. The van der Waals surface area contributed by atoms with E-state index in [9.17, 15) is 14.5 Å². The highest BCUT2D eigenvalue weighted by Crippen LogP contribution is 2.03. The van der Waals surface area contributed by atoms with Crippen molar-refractivity contribution in [3.05, 3.63) is 4.91 Å². The summed E-state index contributed by atoms with van der Waals surface area (Å²) in [5.74, 6) is -2.21. The number of ether oxygens (including phenoxy) is 2. The Balaban J connectivity index is 4.48. The van der Waals surface area contributed by atoms with E-state index >= 15 is 0 Å². The highest BCUT2D eigenvalue weighted by Gasteiger charge is 2.35. The molecule has 7 nitrogen and oxygen atoms in total. The molecular formula is C6H9NO6. The summed E-state index contributed by atoms with van der Waals surface area (Å²) in [6.07, 6.45) is -1.92. The molecular weight excluding hydrogens is 182 g/mol. The minimum absolute atomic E-state index is 1.00. The van der Waals surface area contributed by atoms with Gasteiger partial charge in [0.15, 0.2) is 6.10 Å². The summed E-state index contributed by atoms with van der Waals surface area (Å²) in [5, 5.41) is 11.3. The van der Waals surface area contributed by atoms with Crippen LogP contribution in [0.1, 0.15) is 0 Å². The van der Waals surface area contributed by atoms with Gasteiger partial charge >= 0.3 is 11.9 Å². The van der Waals surface area contributed by atoms with E-state index in [0.717, 1.165) is 14.2 Å². The highest BCUT2D eigenvalue weighted by atomic mass is 16.5. The molecule has 1 N–H and O–H groups in total. The molecule has 0 spiro atoms. The third-order valence-electron chi connectivity index (χ3n) is 1.30. The molecule has 0 bridgehead atoms. The maximum Gasteiger partial charge on any atom is 0.337 e. The van der Waals surface area contributed by atoms with Gasteiger partial charge in [0.25, 0.3) is 0 Å². The Labute approximate surface area is 73.6 Å². The first-order valence-electron chi connectivity index (χ1n) is 3.24. The number of esters is 2. The quantitative estimate of drug-likeness (QED) is 0.443. The van der Waals surface area contributed by atoms with Crippen LogP contribution in [-0.2, 0) is 19.1 Å². The topological polar surface area (TPSA) is 102 Å². The highest BCUT2D eigenvalue weighted by molar-refractivity contribution is 5.86. The molecule has 0 heterocycles. The summed E-state index contributed by atoms with van der Waals surface area (Å²) in [4.78, 5) is 31.4. The summed E-state index contributed by atoms with van der Waals surface area (Å²) >= 11 is 0. The fourth-order valence-electron chi connectivity index (χ4n) is 0.600. The summed E-state index contributed by atoms with van der Waals surface area (Å²) in [7, 11) is 2.01. The van der Waals surface area contributed by atoms with Crippen molar-refractivity contribution >= 4 is 11.9 Å². The molecule has 0 aromatic rings. The average molecular weight is 191 g/mol. The second-order valence-electron chi connectivity index (χ2n) is 2.04. The molecule has 0 amide bonds. The van der Waals surface area contributed by atoms with Crippen molar-refractivity contribution in [1.29, 1.82) is 0 Å². The van der Waals surface area contributed by atoms with Gasteiger partial charge in [-0.1, -0.05) is 5.18 Å². The van der Waals surface area contributed by atoms with E-state index in [1.807, 2.05) is 0 Å². The number of carbonyl (C=O) groups excluding carboxylic acids is 2. The second kappa shape index (κ2) is 5.20. The standard InChI is InChI=1S/C6H9NO6/c1-12-5(9)3(7-11)4(8)6(10)13-2/h3-4,8H,1-2H3. The number of nitroso groups, excluding NO2 is 1. The summed E-state index contributed by atoms with van der Waals surface area (Å²) in [6, 6.07) is -1.78. The molecule has 2 atom stereocenters. The molecule has 0 radical (unpaired) electrons. The van der Waals surface area contributed by atoms with Crippen LogP contribution in [0.5, 0.6) is 0 Å². The van der Waals surface area contributed by atoms with E-state index < -0.39 is 24.1 Å². The number of hydrogen-bond donors (Lipinski definition) is 1. The first-order valence-corrected chi connectivity index (χ1v) is 3.24. The number of aliphatic hydroxyl groups excluding tert-OH is 1. The van der Waals surface area contributed by atoms with Crippen LogP contribution in [0.15, 0.2) is 5.18 Å². The molecule has 0 saturated heterocycles. The van der Waals surface area contributed by atoms with Crippen molar-refractivity contribution in [2.75, 3.05) is 14.2 Å². The molecule has 2 unspecified atom stereocenters. The first-order chi connectivity index (χ1) is 6.08. The molecule has 0 fully saturated rings. The van der Waals surface area contributed by atoms with E-state index in [4.69, 9.17) is 5.11 Å². The van der Waals surface area contributed by atoms with Gasteiger partial charge in [-0.15, -0.1) is 4.91 Å². The van der Waals surface area contributed by atoms with Crippen molar-refractivity contribution < 1.29 is 24.2 Å². The molecule has 7 heteroatoms. The van der Waals surface area contributed by atoms with Crippen molar-refractivity contribution in [3.8, 4) is 0 Å². The van der Waals surface area contributed by atoms with Crippen molar-refractivity contribution in [2.24, 2.45) is 5.18 Å². The van der Waals surface area contributed by atoms with Crippen LogP contribution in [0.2, 0.25) is 0 Å². The maximum atomic E-state index is 10.7. The van der Waals surface area contributed by atoms with Gasteiger partial charge in [-0.25, -0.2) is 9.59 Å². The van der Waals surface area contributed by atoms with Gasteiger partial charge in [0, 0.05) is 0 Å². The Kier molecular flexibility index (Phi) is 4.60. The molecule has 0 aliphatic carbocycles. The Bertz CT molecular complexity index is 215. The van der Waals surface area contributed by atoms with Crippen LogP contribution in [0.3, 0.4) is 0 Å². The van der Waals surface area contributed by atoms with Gasteiger partial charge < -0.3 is 14.6 Å². The van der Waals surface area contributed by atoms with Gasteiger partial charge in [0.1, 0.15) is 0 Å². The fraction of sp³-hybridized carbons (Fsp3) is 0.667. The SMILES string of the molecule is COC(=O)C(O)C(N=O)C(=O)OC. The Morgan fingerprint density at radius 1 is 1.23 bits per heavy atom. The lowest BCUT2D eigenvalue weighted by atomic mass is 10.2. The van der Waals surface area contributed by atoms with Crippen LogP contribution in [0.25, 0.3) is 0 Å². The van der Waals surface area contributed by atoms with Crippen LogP contribution in [0, 0.1) is 4.91 Å². The smallest absolute Gasteiger partial charge is 0.337 e. The number of hydrogen-bond acceptors (Lipinski definition) is 7. The Morgan fingerprint density at radius 3 is 2.00 bits per heavy atom. The molecule has 0 aromatic heterocycles. The molecule has 0 aromatic carbocycles. The van der Waals surface area contributed by atoms with Gasteiger partial charge in [0.2, 0.25) is 6.04 Å². The summed E-state index contributed by atoms with van der Waals surface area (Å²) in [6.45, 7) is 0. The zero-order valence-corrected chi connectivity index (χ0v) is 7.09. The predicted octanol–water partition coefficient (Wildman–Crippen LogP) is -1.17. The molecule has 0 aliphatic heterocycles. The molecule has 0 saturated carbocycles. The number of rotatable bonds is 4. The molecule has 13 heavy (non-hydrogen) atoms. The van der Waals surface area contributed by atoms with Crippen LogP contribution in [-0.4, -0.2) is 43.4 Å². The van der Waals surface area contributed by atoms with Gasteiger partial charge in [-0.3, -0.25) is 0 Å². The molecule has 0 rings (SSSR count). The first kappa shape index (κ1) is 11.5. The van der Waals surface area contributed by atoms with E-state index in [1.165, 1.54) is 0 Å². The zero-order valence-electron chi connectivity index (χ0n) is 7.09. The largest absolute Gasteiger partial charge is 0.467 e. The van der Waals surface area contributed by atoms with Gasteiger partial charge in [0.05, 0.1) is 14.2 Å². The lowest BCUT2D eigenvalue weighted by molar-refractivity contribution is -0.158. The normalized spacial score (nSPS) is 14.1. The van der Waals surface area contributed by atoms with E-state index in [-0.39, 0.29) is 0 Å². The number of methoxy groups -OCH3 is 2. The zero-order chi connectivity index (χ0) is 10.4. The Morgan fingerprint density at radius 2 is 1.69 bits per heavy atom. The van der Waals surface area contributed by atoms with Crippen molar-refractivity contribution in [1.82, 2.24) is 0 Å². The van der Waals surface area contributed by atoms with Gasteiger partial charge in [-0.05, 0) is 0 Å². The minimum Gasteiger partial charge on any atom is -0.467 e. The average Bonchev–Trinajstić information content (AvgIpc) is 2.17. The Hall–Kier alpha value is -1.50. The maximum absolute atomic E-state index is 10.7. The summed E-state index contributed by atoms with van der Waals surface area (Å²) in [5.41, 5.74) is 0. The predicted molar refractivity (Wildman–Crippen MR) is 39.6 cm³/mol. The fourth-order valence-corrected chi connectivity index (χ4v) is 0.600. The van der Waals surface area contributed by atoms with Crippen LogP contribution in [0.4, 0.5) is 0 Å². The van der Waals surface area contributed by atoms with Crippen molar-refractivity contribution in [3.63, 3.8) is 0 Å². The van der Waals surface area contributed by atoms with Crippen LogP contribution >= 0.6 is 0 Å². The number of carbonyl (C=O) groups is 2. The minimum atomic E-state index is -1.92. The number of nitrogens with zero attached hydrogens (tertiary/aromatic N) is 1. The van der Waals surface area contributed by atoms with Crippen LogP contribution < -0.4 is 0 Å². The monoisotopic (exact) mass is 191 g/mol. The molecule has 74 valence electrons. The lowest BCUT2D eigenvalue weighted by Gasteiger charge is -2.11. The van der Waals surface area contributed by atoms with Gasteiger partial charge in [-0.2, -0.15) is 0 Å². The van der Waals surface area contributed by atoms with E-state index in [0.29, 0.717) is 0 Å².